The van der Waals surface area contributed by atoms with Crippen LogP contribution in [0, 0.1) is 5.92 Å². The van der Waals surface area contributed by atoms with Crippen molar-refractivity contribution in [3.05, 3.63) is 0 Å². The summed E-state index contributed by atoms with van der Waals surface area (Å²) >= 11 is 1.78. The lowest BCUT2D eigenvalue weighted by Gasteiger charge is -2.19. The van der Waals surface area contributed by atoms with E-state index in [0.717, 1.165) is 18.7 Å². The van der Waals surface area contributed by atoms with E-state index in [2.05, 4.69) is 4.99 Å². The van der Waals surface area contributed by atoms with Crippen LogP contribution in [0.3, 0.4) is 0 Å². The van der Waals surface area contributed by atoms with Crippen LogP contribution in [0.5, 0.6) is 0 Å². The normalized spacial score (nSPS) is 42.3. The molecule has 0 radical (unpaired) electrons. The van der Waals surface area contributed by atoms with Crippen LogP contribution in [0.1, 0.15) is 6.42 Å². The standard InChI is InChI=1S/C7H11FN2S/c8-4-5-3-7(5)6(9)10-1-2-11-7/h5H,1-4H2,(H2,9,10). The summed E-state index contributed by atoms with van der Waals surface area (Å²) in [5, 5.41) is 0. The van der Waals surface area contributed by atoms with Gasteiger partial charge in [0.15, 0.2) is 0 Å². The lowest BCUT2D eigenvalue weighted by atomic mass is 10.3. The average molecular weight is 174 g/mol. The Balaban J connectivity index is 2.14. The lowest BCUT2D eigenvalue weighted by Crippen LogP contribution is -2.34. The predicted molar refractivity (Wildman–Crippen MR) is 45.8 cm³/mol. The van der Waals surface area contributed by atoms with E-state index in [0.29, 0.717) is 5.84 Å². The van der Waals surface area contributed by atoms with Crippen molar-refractivity contribution in [2.24, 2.45) is 16.6 Å². The van der Waals surface area contributed by atoms with Crippen LogP contribution < -0.4 is 5.73 Å². The summed E-state index contributed by atoms with van der Waals surface area (Å²) in [6.07, 6.45) is 0.892. The molecular weight excluding hydrogens is 163 g/mol. The Morgan fingerprint density at radius 1 is 1.82 bits per heavy atom. The van der Waals surface area contributed by atoms with Crippen LogP contribution in [0.15, 0.2) is 4.99 Å². The fourth-order valence-electron chi connectivity index (χ4n) is 1.58. The molecule has 1 spiro atoms. The van der Waals surface area contributed by atoms with Crippen LogP contribution in [0.2, 0.25) is 0 Å². The Labute approximate surface area is 69.4 Å². The first kappa shape index (κ1) is 7.40. The van der Waals surface area contributed by atoms with Crippen molar-refractivity contribution in [3.63, 3.8) is 0 Å². The minimum atomic E-state index is -0.247. The topological polar surface area (TPSA) is 38.4 Å². The monoisotopic (exact) mass is 174 g/mol. The van der Waals surface area contributed by atoms with Gasteiger partial charge in [0.1, 0.15) is 5.84 Å². The summed E-state index contributed by atoms with van der Waals surface area (Å²) in [6.45, 7) is 0.556. The van der Waals surface area contributed by atoms with Gasteiger partial charge in [-0.15, -0.1) is 11.8 Å². The molecule has 1 fully saturated rings. The molecular formula is C7H11FN2S. The van der Waals surface area contributed by atoms with Crippen molar-refractivity contribution in [2.75, 3.05) is 19.0 Å². The highest BCUT2D eigenvalue weighted by molar-refractivity contribution is 8.01. The Morgan fingerprint density at radius 3 is 3.18 bits per heavy atom. The summed E-state index contributed by atoms with van der Waals surface area (Å²) in [4.78, 5) is 4.15. The maximum absolute atomic E-state index is 12.3. The maximum Gasteiger partial charge on any atom is 0.110 e. The van der Waals surface area contributed by atoms with Gasteiger partial charge in [0.2, 0.25) is 0 Å². The van der Waals surface area contributed by atoms with Crippen molar-refractivity contribution < 1.29 is 4.39 Å². The fourth-order valence-corrected chi connectivity index (χ4v) is 2.96. The van der Waals surface area contributed by atoms with Gasteiger partial charge in [0.25, 0.3) is 0 Å². The minimum absolute atomic E-state index is 0.0764. The van der Waals surface area contributed by atoms with Crippen LogP contribution in [0.25, 0.3) is 0 Å². The Bertz CT molecular complexity index is 207. The van der Waals surface area contributed by atoms with Crippen molar-refractivity contribution >= 4 is 17.6 Å². The van der Waals surface area contributed by atoms with Gasteiger partial charge in [-0.3, -0.25) is 9.38 Å². The van der Waals surface area contributed by atoms with Gasteiger partial charge in [-0.2, -0.15) is 0 Å². The van der Waals surface area contributed by atoms with Gasteiger partial charge >= 0.3 is 0 Å². The quantitative estimate of drug-likeness (QED) is 0.639. The number of amidine groups is 1. The van der Waals surface area contributed by atoms with Crippen molar-refractivity contribution in [1.29, 1.82) is 0 Å². The second-order valence-electron chi connectivity index (χ2n) is 3.06. The SMILES string of the molecule is NC1=NCCSC12CC2CF. The third-order valence-corrected chi connectivity index (χ3v) is 4.01. The number of hydrogen-bond acceptors (Lipinski definition) is 3. The lowest BCUT2D eigenvalue weighted by molar-refractivity contribution is 0.454. The highest BCUT2D eigenvalue weighted by Crippen LogP contribution is 2.55. The largest absolute Gasteiger partial charge is 0.386 e. The van der Waals surface area contributed by atoms with Gasteiger partial charge in [0.05, 0.1) is 18.0 Å². The summed E-state index contributed by atoms with van der Waals surface area (Å²) < 4.78 is 12.2. The van der Waals surface area contributed by atoms with E-state index >= 15 is 0 Å². The van der Waals surface area contributed by atoms with Crippen molar-refractivity contribution in [2.45, 2.75) is 11.2 Å². The van der Waals surface area contributed by atoms with Gasteiger partial charge in [0, 0.05) is 11.7 Å². The van der Waals surface area contributed by atoms with Gasteiger partial charge in [-0.1, -0.05) is 0 Å². The number of nitrogens with zero attached hydrogens (tertiary/aromatic N) is 1. The first-order chi connectivity index (χ1) is 5.29. The first-order valence-electron chi connectivity index (χ1n) is 3.80. The molecule has 2 unspecified atom stereocenters. The molecule has 62 valence electrons. The number of nitrogens with two attached hydrogens (primary N) is 1. The minimum Gasteiger partial charge on any atom is -0.386 e. The van der Waals surface area contributed by atoms with Gasteiger partial charge in [-0.25, -0.2) is 0 Å². The molecule has 0 amide bonds. The number of rotatable bonds is 1. The predicted octanol–water partition coefficient (Wildman–Crippen LogP) is 0.819. The van der Waals surface area contributed by atoms with E-state index in [1.807, 2.05) is 0 Å². The van der Waals surface area contributed by atoms with E-state index in [4.69, 9.17) is 5.73 Å². The number of halogens is 1. The molecule has 2 aliphatic rings. The number of hydrogen-bond donors (Lipinski definition) is 1. The van der Waals surface area contributed by atoms with Crippen molar-refractivity contribution in [3.8, 4) is 0 Å². The average Bonchev–Trinajstić information content (AvgIpc) is 2.72. The maximum atomic E-state index is 12.3. The van der Waals surface area contributed by atoms with E-state index in [-0.39, 0.29) is 17.3 Å². The van der Waals surface area contributed by atoms with Crippen LogP contribution in [-0.4, -0.2) is 29.6 Å². The zero-order valence-corrected chi connectivity index (χ0v) is 7.03. The van der Waals surface area contributed by atoms with E-state index < -0.39 is 0 Å². The highest BCUT2D eigenvalue weighted by atomic mass is 32.2. The summed E-state index contributed by atoms with van der Waals surface area (Å²) in [5.74, 6) is 1.82. The molecule has 1 aliphatic carbocycles. The van der Waals surface area contributed by atoms with E-state index in [1.54, 1.807) is 11.8 Å². The van der Waals surface area contributed by atoms with Crippen LogP contribution in [-0.2, 0) is 0 Å². The smallest absolute Gasteiger partial charge is 0.110 e. The summed E-state index contributed by atoms with van der Waals surface area (Å²) in [6, 6.07) is 0. The molecule has 0 aromatic heterocycles. The molecule has 2 N–H and O–H groups in total. The molecule has 2 atom stereocenters. The Morgan fingerprint density at radius 2 is 2.64 bits per heavy atom. The first-order valence-corrected chi connectivity index (χ1v) is 4.78. The molecule has 11 heavy (non-hydrogen) atoms. The second kappa shape index (κ2) is 2.37. The third-order valence-electron chi connectivity index (χ3n) is 2.40. The van der Waals surface area contributed by atoms with Crippen LogP contribution >= 0.6 is 11.8 Å². The molecule has 1 aliphatic heterocycles. The highest BCUT2D eigenvalue weighted by Gasteiger charge is 2.58. The molecule has 4 heteroatoms. The zero-order chi connectivity index (χ0) is 7.90. The van der Waals surface area contributed by atoms with Gasteiger partial charge in [-0.05, 0) is 6.42 Å². The molecule has 0 bridgehead atoms. The van der Waals surface area contributed by atoms with E-state index in [1.165, 1.54) is 0 Å². The molecule has 0 saturated heterocycles. The van der Waals surface area contributed by atoms with Gasteiger partial charge < -0.3 is 5.73 Å². The Kier molecular flexibility index (Phi) is 1.59. The molecule has 2 nitrogen and oxygen atoms in total. The number of alkyl halides is 1. The molecule has 0 aromatic carbocycles. The van der Waals surface area contributed by atoms with Crippen molar-refractivity contribution in [1.82, 2.24) is 0 Å². The second-order valence-corrected chi connectivity index (χ2v) is 4.49. The molecule has 0 aromatic rings. The Hall–Kier alpha value is -0.250. The summed E-state index contributed by atoms with van der Waals surface area (Å²) in [7, 11) is 0. The molecule has 2 rings (SSSR count). The zero-order valence-electron chi connectivity index (χ0n) is 6.22. The fraction of sp³-hybridized carbons (Fsp3) is 0.857. The van der Waals surface area contributed by atoms with E-state index in [9.17, 15) is 4.39 Å². The van der Waals surface area contributed by atoms with Crippen LogP contribution in [0.4, 0.5) is 4.39 Å². The third kappa shape index (κ3) is 0.956. The number of aliphatic imine (C=N–C) groups is 1. The molecule has 1 heterocycles. The molecule has 1 saturated carbocycles. The number of thioether (sulfide) groups is 1. The summed E-state index contributed by atoms with van der Waals surface area (Å²) in [5.41, 5.74) is 5.70.